The SMILES string of the molecule is CC(O)c1ccc(N2CCN(c3ccccc3)CC2)cn1. The molecule has 0 radical (unpaired) electrons. The Kier molecular flexibility index (Phi) is 4.06. The van der Waals surface area contributed by atoms with Crippen LogP contribution >= 0.6 is 0 Å². The topological polar surface area (TPSA) is 39.6 Å². The molecule has 0 saturated carbocycles. The normalized spacial score (nSPS) is 16.9. The number of para-hydroxylation sites is 1. The summed E-state index contributed by atoms with van der Waals surface area (Å²) in [5, 5.41) is 9.50. The fraction of sp³-hybridized carbons (Fsp3) is 0.353. The quantitative estimate of drug-likeness (QED) is 0.939. The number of benzene rings is 1. The summed E-state index contributed by atoms with van der Waals surface area (Å²) in [5.41, 5.74) is 3.15. The third-order valence-electron chi connectivity index (χ3n) is 3.96. The Morgan fingerprint density at radius 2 is 1.52 bits per heavy atom. The van der Waals surface area contributed by atoms with Crippen LogP contribution in [0.5, 0.6) is 0 Å². The van der Waals surface area contributed by atoms with Gasteiger partial charge >= 0.3 is 0 Å². The van der Waals surface area contributed by atoms with Crippen molar-refractivity contribution in [3.63, 3.8) is 0 Å². The monoisotopic (exact) mass is 283 g/mol. The molecule has 1 unspecified atom stereocenters. The van der Waals surface area contributed by atoms with E-state index in [-0.39, 0.29) is 0 Å². The zero-order valence-corrected chi connectivity index (χ0v) is 12.3. The molecule has 3 rings (SSSR count). The molecule has 1 aliphatic rings. The minimum atomic E-state index is -0.506. The Balaban J connectivity index is 1.63. The first-order chi connectivity index (χ1) is 10.2. The van der Waals surface area contributed by atoms with Gasteiger partial charge in [-0.2, -0.15) is 0 Å². The number of aliphatic hydroxyl groups is 1. The lowest BCUT2D eigenvalue weighted by molar-refractivity contribution is 0.194. The van der Waals surface area contributed by atoms with Gasteiger partial charge in [-0.1, -0.05) is 18.2 Å². The van der Waals surface area contributed by atoms with Crippen LogP contribution in [0.1, 0.15) is 18.7 Å². The van der Waals surface area contributed by atoms with Crippen molar-refractivity contribution < 1.29 is 5.11 Å². The maximum atomic E-state index is 9.50. The number of hydrogen-bond donors (Lipinski definition) is 1. The van der Waals surface area contributed by atoms with Crippen LogP contribution in [0.2, 0.25) is 0 Å². The van der Waals surface area contributed by atoms with Gasteiger partial charge in [-0.3, -0.25) is 4.98 Å². The zero-order valence-electron chi connectivity index (χ0n) is 12.3. The van der Waals surface area contributed by atoms with Crippen molar-refractivity contribution in [3.05, 3.63) is 54.4 Å². The number of rotatable bonds is 3. The van der Waals surface area contributed by atoms with Crippen LogP contribution in [0.4, 0.5) is 11.4 Å². The summed E-state index contributed by atoms with van der Waals surface area (Å²) < 4.78 is 0. The largest absolute Gasteiger partial charge is 0.387 e. The Bertz CT molecular complexity index is 560. The van der Waals surface area contributed by atoms with Crippen molar-refractivity contribution in [2.24, 2.45) is 0 Å². The van der Waals surface area contributed by atoms with E-state index in [4.69, 9.17) is 0 Å². The first-order valence-corrected chi connectivity index (χ1v) is 7.43. The van der Waals surface area contributed by atoms with E-state index in [9.17, 15) is 5.11 Å². The third kappa shape index (κ3) is 3.16. The van der Waals surface area contributed by atoms with Crippen molar-refractivity contribution in [1.29, 1.82) is 0 Å². The molecule has 1 aromatic carbocycles. The van der Waals surface area contributed by atoms with E-state index in [0.29, 0.717) is 0 Å². The lowest BCUT2D eigenvalue weighted by Gasteiger charge is -2.37. The summed E-state index contributed by atoms with van der Waals surface area (Å²) in [4.78, 5) is 9.08. The fourth-order valence-corrected chi connectivity index (χ4v) is 2.69. The summed E-state index contributed by atoms with van der Waals surface area (Å²) in [5.74, 6) is 0. The molecule has 110 valence electrons. The molecule has 1 aromatic heterocycles. The molecule has 1 fully saturated rings. The molecule has 0 bridgehead atoms. The first-order valence-electron chi connectivity index (χ1n) is 7.43. The highest BCUT2D eigenvalue weighted by atomic mass is 16.3. The highest BCUT2D eigenvalue weighted by Crippen LogP contribution is 2.20. The Morgan fingerprint density at radius 1 is 0.905 bits per heavy atom. The molecule has 21 heavy (non-hydrogen) atoms. The van der Waals surface area contributed by atoms with Gasteiger partial charge in [-0.25, -0.2) is 0 Å². The second-order valence-electron chi connectivity index (χ2n) is 5.43. The smallest absolute Gasteiger partial charge is 0.0931 e. The van der Waals surface area contributed by atoms with Gasteiger partial charge in [-0.15, -0.1) is 0 Å². The van der Waals surface area contributed by atoms with Gasteiger partial charge in [0.25, 0.3) is 0 Å². The number of nitrogens with zero attached hydrogens (tertiary/aromatic N) is 3. The molecular weight excluding hydrogens is 262 g/mol. The van der Waals surface area contributed by atoms with E-state index in [0.717, 1.165) is 37.6 Å². The lowest BCUT2D eigenvalue weighted by Crippen LogP contribution is -2.46. The van der Waals surface area contributed by atoms with Gasteiger partial charge in [0.15, 0.2) is 0 Å². The lowest BCUT2D eigenvalue weighted by atomic mass is 10.2. The summed E-state index contributed by atoms with van der Waals surface area (Å²) in [6.07, 6.45) is 1.36. The molecule has 1 atom stereocenters. The molecule has 2 heterocycles. The van der Waals surface area contributed by atoms with Gasteiger partial charge in [-0.05, 0) is 31.2 Å². The second kappa shape index (κ2) is 6.14. The third-order valence-corrected chi connectivity index (χ3v) is 3.96. The molecular formula is C17H21N3O. The molecule has 1 saturated heterocycles. The van der Waals surface area contributed by atoms with Crippen LogP contribution in [0, 0.1) is 0 Å². The van der Waals surface area contributed by atoms with Crippen LogP contribution in [-0.2, 0) is 0 Å². The molecule has 1 aliphatic heterocycles. The average molecular weight is 283 g/mol. The molecule has 0 amide bonds. The number of aromatic nitrogens is 1. The van der Waals surface area contributed by atoms with Crippen molar-refractivity contribution in [1.82, 2.24) is 4.98 Å². The van der Waals surface area contributed by atoms with Gasteiger partial charge in [0.05, 0.1) is 23.7 Å². The molecule has 0 spiro atoms. The van der Waals surface area contributed by atoms with E-state index < -0.39 is 6.10 Å². The number of piperazine rings is 1. The van der Waals surface area contributed by atoms with E-state index in [1.165, 1.54) is 5.69 Å². The van der Waals surface area contributed by atoms with Crippen molar-refractivity contribution in [2.75, 3.05) is 36.0 Å². The summed E-state index contributed by atoms with van der Waals surface area (Å²) >= 11 is 0. The number of anilines is 2. The van der Waals surface area contributed by atoms with Crippen molar-refractivity contribution in [3.8, 4) is 0 Å². The minimum Gasteiger partial charge on any atom is -0.387 e. The highest BCUT2D eigenvalue weighted by molar-refractivity contribution is 5.50. The van der Waals surface area contributed by atoms with E-state index in [1.807, 2.05) is 18.3 Å². The molecule has 1 N–H and O–H groups in total. The van der Waals surface area contributed by atoms with Crippen LogP contribution in [0.15, 0.2) is 48.7 Å². The van der Waals surface area contributed by atoms with Gasteiger partial charge in [0.2, 0.25) is 0 Å². The number of aliphatic hydroxyl groups excluding tert-OH is 1. The van der Waals surface area contributed by atoms with Crippen LogP contribution in [0.3, 0.4) is 0 Å². The van der Waals surface area contributed by atoms with Crippen LogP contribution < -0.4 is 9.80 Å². The summed E-state index contributed by atoms with van der Waals surface area (Å²) in [6.45, 7) is 5.75. The molecule has 4 nitrogen and oxygen atoms in total. The van der Waals surface area contributed by atoms with Crippen molar-refractivity contribution in [2.45, 2.75) is 13.0 Å². The van der Waals surface area contributed by atoms with E-state index >= 15 is 0 Å². The Hall–Kier alpha value is -2.07. The Labute approximate surface area is 125 Å². The zero-order chi connectivity index (χ0) is 14.7. The second-order valence-corrected chi connectivity index (χ2v) is 5.43. The maximum Gasteiger partial charge on any atom is 0.0931 e. The molecule has 2 aromatic rings. The number of hydrogen-bond acceptors (Lipinski definition) is 4. The van der Waals surface area contributed by atoms with E-state index in [1.54, 1.807) is 6.92 Å². The first kappa shape index (κ1) is 13.9. The van der Waals surface area contributed by atoms with Crippen molar-refractivity contribution >= 4 is 11.4 Å². The fourth-order valence-electron chi connectivity index (χ4n) is 2.69. The highest BCUT2D eigenvalue weighted by Gasteiger charge is 2.17. The average Bonchev–Trinajstić information content (AvgIpc) is 2.56. The predicted octanol–water partition coefficient (Wildman–Crippen LogP) is 2.46. The predicted molar refractivity (Wildman–Crippen MR) is 85.7 cm³/mol. The van der Waals surface area contributed by atoms with Gasteiger partial charge < -0.3 is 14.9 Å². The maximum absolute atomic E-state index is 9.50. The van der Waals surface area contributed by atoms with Crippen LogP contribution in [-0.4, -0.2) is 36.3 Å². The van der Waals surface area contributed by atoms with E-state index in [2.05, 4.69) is 45.1 Å². The standard InChI is InChI=1S/C17H21N3O/c1-14(21)17-8-7-16(13-18-17)20-11-9-19(10-12-20)15-5-3-2-4-6-15/h2-8,13-14,21H,9-12H2,1H3. The minimum absolute atomic E-state index is 0.506. The summed E-state index contributed by atoms with van der Waals surface area (Å²) in [7, 11) is 0. The molecule has 0 aliphatic carbocycles. The Morgan fingerprint density at radius 3 is 2.05 bits per heavy atom. The van der Waals surface area contributed by atoms with Gasteiger partial charge in [0.1, 0.15) is 0 Å². The summed E-state index contributed by atoms with van der Waals surface area (Å²) in [6, 6.07) is 14.5. The molecule has 4 heteroatoms. The van der Waals surface area contributed by atoms with Crippen LogP contribution in [0.25, 0.3) is 0 Å². The van der Waals surface area contributed by atoms with Gasteiger partial charge in [0, 0.05) is 31.9 Å². The number of pyridine rings is 1.